The molecule has 0 spiro atoms. The first-order chi connectivity index (χ1) is 7.76. The monoisotopic (exact) mass is 244 g/mol. The molecule has 0 fully saturated rings. The van der Waals surface area contributed by atoms with Crippen LogP contribution in [0.3, 0.4) is 0 Å². The molecule has 98 valence electrons. The van der Waals surface area contributed by atoms with E-state index in [0.29, 0.717) is 0 Å². The molecule has 0 heterocycles. The van der Waals surface area contributed by atoms with Crippen LogP contribution in [0.1, 0.15) is 46.5 Å². The molecule has 0 aliphatic carbocycles. The number of carbonyl (C=O) groups excluding carboxylic acids is 2. The van der Waals surface area contributed by atoms with Crippen molar-refractivity contribution in [3.05, 3.63) is 0 Å². The van der Waals surface area contributed by atoms with Gasteiger partial charge < -0.3 is 10.4 Å². The van der Waals surface area contributed by atoms with Crippen LogP contribution in [0.25, 0.3) is 0 Å². The molecule has 3 amide bonds. The minimum absolute atomic E-state index is 0.197. The van der Waals surface area contributed by atoms with Gasteiger partial charge in [0.1, 0.15) is 0 Å². The van der Waals surface area contributed by atoms with Crippen molar-refractivity contribution < 1.29 is 19.5 Å². The van der Waals surface area contributed by atoms with Crippen molar-refractivity contribution in [2.45, 2.75) is 52.0 Å². The van der Waals surface area contributed by atoms with Gasteiger partial charge in [-0.05, 0) is 20.3 Å². The van der Waals surface area contributed by atoms with E-state index in [0.717, 1.165) is 12.8 Å². The molecule has 0 bridgehead atoms. The molecule has 0 aromatic rings. The maximum atomic E-state index is 11.4. The van der Waals surface area contributed by atoms with E-state index >= 15 is 0 Å². The zero-order valence-electron chi connectivity index (χ0n) is 10.5. The van der Waals surface area contributed by atoms with Gasteiger partial charge in [0.25, 0.3) is 0 Å². The predicted octanol–water partition coefficient (Wildman–Crippen LogP) is 1.26. The molecule has 0 saturated carbocycles. The van der Waals surface area contributed by atoms with E-state index in [1.165, 1.54) is 0 Å². The molecule has 6 nitrogen and oxygen atoms in total. The summed E-state index contributed by atoms with van der Waals surface area (Å²) in [6.45, 7) is 5.72. The van der Waals surface area contributed by atoms with Gasteiger partial charge in [-0.25, -0.2) is 4.79 Å². The zero-order chi connectivity index (χ0) is 13.5. The van der Waals surface area contributed by atoms with Gasteiger partial charge in [0.2, 0.25) is 5.91 Å². The number of hydrogen-bond acceptors (Lipinski definition) is 3. The van der Waals surface area contributed by atoms with Crippen LogP contribution < -0.4 is 10.6 Å². The Morgan fingerprint density at radius 2 is 1.76 bits per heavy atom. The van der Waals surface area contributed by atoms with Crippen molar-refractivity contribution in [1.29, 1.82) is 0 Å². The molecular weight excluding hydrogens is 224 g/mol. The van der Waals surface area contributed by atoms with Gasteiger partial charge in [-0.2, -0.15) is 0 Å². The Labute approximate surface area is 101 Å². The summed E-state index contributed by atoms with van der Waals surface area (Å²) >= 11 is 0. The molecule has 17 heavy (non-hydrogen) atoms. The molecule has 6 heteroatoms. The summed E-state index contributed by atoms with van der Waals surface area (Å²) in [5.74, 6) is -1.65. The normalized spacial score (nSPS) is 10.8. The fourth-order valence-corrected chi connectivity index (χ4v) is 1.44. The lowest BCUT2D eigenvalue weighted by Gasteiger charge is -2.25. The number of aliphatic carboxylic acids is 1. The van der Waals surface area contributed by atoms with E-state index in [9.17, 15) is 14.4 Å². The maximum Gasteiger partial charge on any atom is 0.321 e. The average molecular weight is 244 g/mol. The Morgan fingerprint density at radius 1 is 1.18 bits per heavy atom. The quantitative estimate of drug-likeness (QED) is 0.655. The van der Waals surface area contributed by atoms with Crippen LogP contribution in [0.15, 0.2) is 0 Å². The zero-order valence-corrected chi connectivity index (χ0v) is 10.5. The summed E-state index contributed by atoms with van der Waals surface area (Å²) in [5, 5.41) is 13.1. The average Bonchev–Trinajstić information content (AvgIpc) is 2.13. The smallest absolute Gasteiger partial charge is 0.321 e. The van der Waals surface area contributed by atoms with Crippen LogP contribution in [0, 0.1) is 0 Å². The SMILES string of the molecule is CCCC(C)(C)NC(=O)NC(=O)CCC(=O)O. The second-order valence-corrected chi connectivity index (χ2v) is 4.53. The molecule has 0 radical (unpaired) electrons. The Kier molecular flexibility index (Phi) is 6.23. The lowest BCUT2D eigenvalue weighted by Crippen LogP contribution is -2.49. The second kappa shape index (κ2) is 6.88. The van der Waals surface area contributed by atoms with Crippen LogP contribution in [-0.4, -0.2) is 28.6 Å². The summed E-state index contributed by atoms with van der Waals surface area (Å²) in [5.41, 5.74) is -0.383. The van der Waals surface area contributed by atoms with Gasteiger partial charge in [0, 0.05) is 12.0 Å². The lowest BCUT2D eigenvalue weighted by atomic mass is 9.99. The van der Waals surface area contributed by atoms with Gasteiger partial charge in [-0.1, -0.05) is 13.3 Å². The largest absolute Gasteiger partial charge is 0.481 e. The van der Waals surface area contributed by atoms with E-state index in [1.807, 2.05) is 20.8 Å². The highest BCUT2D eigenvalue weighted by atomic mass is 16.4. The van der Waals surface area contributed by atoms with Gasteiger partial charge in [0.15, 0.2) is 0 Å². The fourth-order valence-electron chi connectivity index (χ4n) is 1.44. The number of amides is 3. The highest BCUT2D eigenvalue weighted by molar-refractivity contribution is 5.95. The molecule has 0 saturated heterocycles. The van der Waals surface area contributed by atoms with Crippen LogP contribution in [0.5, 0.6) is 0 Å². The molecule has 0 rings (SSSR count). The summed E-state index contributed by atoms with van der Waals surface area (Å²) < 4.78 is 0. The van der Waals surface area contributed by atoms with Crippen LogP contribution in [0.4, 0.5) is 4.79 Å². The number of urea groups is 1. The summed E-state index contributed by atoms with van der Waals surface area (Å²) in [7, 11) is 0. The Bertz CT molecular complexity index is 300. The minimum atomic E-state index is -1.06. The maximum absolute atomic E-state index is 11.4. The van der Waals surface area contributed by atoms with E-state index in [1.54, 1.807) is 0 Å². The molecule has 0 atom stereocenters. The highest BCUT2D eigenvalue weighted by Gasteiger charge is 2.20. The number of carbonyl (C=O) groups is 3. The van der Waals surface area contributed by atoms with Crippen molar-refractivity contribution in [3.8, 4) is 0 Å². The van der Waals surface area contributed by atoms with Crippen molar-refractivity contribution >= 4 is 17.9 Å². The molecule has 0 aromatic heterocycles. The van der Waals surface area contributed by atoms with Crippen molar-refractivity contribution in [2.24, 2.45) is 0 Å². The van der Waals surface area contributed by atoms with E-state index in [4.69, 9.17) is 5.11 Å². The Balaban J connectivity index is 4.01. The third-order valence-corrected chi connectivity index (χ3v) is 2.15. The number of carboxylic acids is 1. The lowest BCUT2D eigenvalue weighted by molar-refractivity contribution is -0.138. The van der Waals surface area contributed by atoms with Crippen LogP contribution >= 0.6 is 0 Å². The van der Waals surface area contributed by atoms with Gasteiger partial charge in [-0.3, -0.25) is 14.9 Å². The van der Waals surface area contributed by atoms with Gasteiger partial charge in [0.05, 0.1) is 6.42 Å². The van der Waals surface area contributed by atoms with Crippen molar-refractivity contribution in [1.82, 2.24) is 10.6 Å². The predicted molar refractivity (Wildman–Crippen MR) is 62.5 cm³/mol. The molecule has 0 unspecified atom stereocenters. The van der Waals surface area contributed by atoms with Crippen LogP contribution in [0.2, 0.25) is 0 Å². The van der Waals surface area contributed by atoms with Gasteiger partial charge in [-0.15, -0.1) is 0 Å². The molecular formula is C11H20N2O4. The molecule has 3 N–H and O–H groups in total. The van der Waals surface area contributed by atoms with E-state index < -0.39 is 17.9 Å². The van der Waals surface area contributed by atoms with E-state index in [-0.39, 0.29) is 18.4 Å². The Hall–Kier alpha value is -1.59. The summed E-state index contributed by atoms with van der Waals surface area (Å²) in [6, 6.07) is -0.584. The van der Waals surface area contributed by atoms with Gasteiger partial charge >= 0.3 is 12.0 Å². The summed E-state index contributed by atoms with van der Waals surface area (Å²) in [4.78, 5) is 32.8. The molecule has 0 aliphatic heterocycles. The number of rotatable bonds is 6. The number of nitrogens with one attached hydrogen (secondary N) is 2. The Morgan fingerprint density at radius 3 is 2.24 bits per heavy atom. The first-order valence-corrected chi connectivity index (χ1v) is 5.60. The third-order valence-electron chi connectivity index (χ3n) is 2.15. The van der Waals surface area contributed by atoms with E-state index in [2.05, 4.69) is 10.6 Å². The molecule has 0 aliphatic rings. The fraction of sp³-hybridized carbons (Fsp3) is 0.727. The van der Waals surface area contributed by atoms with Crippen LogP contribution in [-0.2, 0) is 9.59 Å². The molecule has 0 aromatic carbocycles. The standard InChI is InChI=1S/C11H20N2O4/c1-4-7-11(2,3)13-10(17)12-8(14)5-6-9(15)16/h4-7H2,1-3H3,(H,15,16)(H2,12,13,14,17). The highest BCUT2D eigenvalue weighted by Crippen LogP contribution is 2.09. The second-order valence-electron chi connectivity index (χ2n) is 4.53. The number of carboxylic acid groups (broad SMARTS) is 1. The topological polar surface area (TPSA) is 95.5 Å². The first-order valence-electron chi connectivity index (χ1n) is 5.60. The minimum Gasteiger partial charge on any atom is -0.481 e. The summed E-state index contributed by atoms with van der Waals surface area (Å²) in [6.07, 6.45) is 1.23. The number of hydrogen-bond donors (Lipinski definition) is 3. The number of imide groups is 1. The van der Waals surface area contributed by atoms with Crippen molar-refractivity contribution in [3.63, 3.8) is 0 Å². The third kappa shape index (κ3) is 8.24. The van der Waals surface area contributed by atoms with Crippen molar-refractivity contribution in [2.75, 3.05) is 0 Å². The first kappa shape index (κ1) is 15.4.